The molecule has 3 aromatic rings. The minimum Gasteiger partial charge on any atom is -0.492 e. The predicted octanol–water partition coefficient (Wildman–Crippen LogP) is 3.03. The van der Waals surface area contributed by atoms with Crippen LogP contribution in [0.4, 0.5) is 5.69 Å². The summed E-state index contributed by atoms with van der Waals surface area (Å²) >= 11 is 0. The smallest absolute Gasteiger partial charge is 0.338 e. The minimum absolute atomic E-state index is 0.310. The van der Waals surface area contributed by atoms with Crippen molar-refractivity contribution in [2.75, 3.05) is 11.9 Å². The molecule has 0 bridgehead atoms. The van der Waals surface area contributed by atoms with Gasteiger partial charge in [-0.25, -0.2) is 9.48 Å². The van der Waals surface area contributed by atoms with E-state index in [-0.39, 0.29) is 0 Å². The van der Waals surface area contributed by atoms with E-state index in [0.717, 1.165) is 5.52 Å². The van der Waals surface area contributed by atoms with Gasteiger partial charge in [-0.2, -0.15) is 0 Å². The summed E-state index contributed by atoms with van der Waals surface area (Å²) in [5, 5.41) is 10.8. The van der Waals surface area contributed by atoms with Crippen molar-refractivity contribution in [2.24, 2.45) is 0 Å². The van der Waals surface area contributed by atoms with Gasteiger partial charge in [0.15, 0.2) is 6.10 Å². The van der Waals surface area contributed by atoms with Crippen LogP contribution in [0.5, 0.6) is 5.75 Å². The number of anilines is 1. The number of nitrogens with one attached hydrogen (secondary N) is 1. The molecule has 1 heterocycles. The molecule has 1 atom stereocenters. The van der Waals surface area contributed by atoms with Crippen LogP contribution in [-0.4, -0.2) is 39.6 Å². The molecule has 0 spiro atoms. The standard InChI is InChI=1S/C20H22N4O4/c1-4-24-17-11-10-14(12-16(17)22-23-24)20(26)28-13(3)19(25)21-15-8-6-7-9-18(15)27-5-2/h6-13H,4-5H2,1-3H3,(H,21,25). The molecule has 8 nitrogen and oxygen atoms in total. The molecule has 0 saturated carbocycles. The molecule has 0 aliphatic carbocycles. The quantitative estimate of drug-likeness (QED) is 0.631. The predicted molar refractivity (Wildman–Crippen MR) is 104 cm³/mol. The van der Waals surface area contributed by atoms with Gasteiger partial charge in [0, 0.05) is 6.54 Å². The lowest BCUT2D eigenvalue weighted by Crippen LogP contribution is -2.30. The van der Waals surface area contributed by atoms with Crippen molar-refractivity contribution in [1.29, 1.82) is 0 Å². The van der Waals surface area contributed by atoms with Gasteiger partial charge in [-0.3, -0.25) is 4.79 Å². The number of benzene rings is 2. The van der Waals surface area contributed by atoms with Gasteiger partial charge in [0.2, 0.25) is 0 Å². The molecule has 3 rings (SSSR count). The number of amides is 1. The third kappa shape index (κ3) is 4.11. The highest BCUT2D eigenvalue weighted by molar-refractivity contribution is 5.99. The molecule has 0 fully saturated rings. The van der Waals surface area contributed by atoms with Crippen LogP contribution in [0.15, 0.2) is 42.5 Å². The highest BCUT2D eigenvalue weighted by atomic mass is 16.5. The average molecular weight is 382 g/mol. The van der Waals surface area contributed by atoms with Crippen molar-refractivity contribution in [1.82, 2.24) is 15.0 Å². The Bertz CT molecular complexity index is 999. The van der Waals surface area contributed by atoms with Gasteiger partial charge in [0.25, 0.3) is 5.91 Å². The summed E-state index contributed by atoms with van der Waals surface area (Å²) in [4.78, 5) is 24.8. The van der Waals surface area contributed by atoms with E-state index in [2.05, 4.69) is 15.6 Å². The van der Waals surface area contributed by atoms with E-state index in [9.17, 15) is 9.59 Å². The van der Waals surface area contributed by atoms with E-state index in [0.29, 0.717) is 35.7 Å². The lowest BCUT2D eigenvalue weighted by atomic mass is 10.2. The zero-order valence-electron chi connectivity index (χ0n) is 16.0. The van der Waals surface area contributed by atoms with Crippen molar-refractivity contribution in [3.63, 3.8) is 0 Å². The molecule has 1 unspecified atom stereocenters. The summed E-state index contributed by atoms with van der Waals surface area (Å²) in [5.41, 5.74) is 2.26. The van der Waals surface area contributed by atoms with Crippen LogP contribution >= 0.6 is 0 Å². The van der Waals surface area contributed by atoms with Gasteiger partial charge < -0.3 is 14.8 Å². The second-order valence-corrected chi connectivity index (χ2v) is 6.07. The minimum atomic E-state index is -0.982. The third-order valence-corrected chi connectivity index (χ3v) is 4.15. The normalized spacial score (nSPS) is 11.8. The van der Waals surface area contributed by atoms with E-state index >= 15 is 0 Å². The van der Waals surface area contributed by atoms with Crippen molar-refractivity contribution in [3.8, 4) is 5.75 Å². The molecule has 0 aliphatic heterocycles. The van der Waals surface area contributed by atoms with E-state index in [4.69, 9.17) is 9.47 Å². The van der Waals surface area contributed by atoms with E-state index < -0.39 is 18.0 Å². The number of hydrogen-bond acceptors (Lipinski definition) is 6. The number of carbonyl (C=O) groups excluding carboxylic acids is 2. The number of para-hydroxylation sites is 2. The van der Waals surface area contributed by atoms with Crippen LogP contribution in [0.25, 0.3) is 11.0 Å². The fourth-order valence-electron chi connectivity index (χ4n) is 2.70. The highest BCUT2D eigenvalue weighted by Gasteiger charge is 2.21. The zero-order chi connectivity index (χ0) is 20.1. The van der Waals surface area contributed by atoms with Crippen molar-refractivity contribution in [2.45, 2.75) is 33.4 Å². The number of fused-ring (bicyclic) bond motifs is 1. The van der Waals surface area contributed by atoms with Gasteiger partial charge in [-0.1, -0.05) is 17.3 Å². The first-order valence-corrected chi connectivity index (χ1v) is 9.10. The molecule has 28 heavy (non-hydrogen) atoms. The Morgan fingerprint density at radius 1 is 1.18 bits per heavy atom. The van der Waals surface area contributed by atoms with E-state index in [1.807, 2.05) is 19.9 Å². The monoisotopic (exact) mass is 382 g/mol. The molecular weight excluding hydrogens is 360 g/mol. The maximum Gasteiger partial charge on any atom is 0.338 e. The largest absolute Gasteiger partial charge is 0.492 e. The summed E-state index contributed by atoms with van der Waals surface area (Å²) in [6.07, 6.45) is -0.982. The summed E-state index contributed by atoms with van der Waals surface area (Å²) in [6, 6.07) is 12.1. The molecule has 0 saturated heterocycles. The topological polar surface area (TPSA) is 95.3 Å². The van der Waals surface area contributed by atoms with E-state index in [1.165, 1.54) is 6.92 Å². The Morgan fingerprint density at radius 3 is 2.71 bits per heavy atom. The Balaban J connectivity index is 1.67. The van der Waals surface area contributed by atoms with Crippen LogP contribution in [0.2, 0.25) is 0 Å². The lowest BCUT2D eigenvalue weighted by molar-refractivity contribution is -0.123. The van der Waals surface area contributed by atoms with Gasteiger partial charge >= 0.3 is 5.97 Å². The third-order valence-electron chi connectivity index (χ3n) is 4.15. The van der Waals surface area contributed by atoms with Crippen molar-refractivity contribution in [3.05, 3.63) is 48.0 Å². The summed E-state index contributed by atoms with van der Waals surface area (Å²) in [6.45, 7) is 6.49. The molecular formula is C20H22N4O4. The first-order chi connectivity index (χ1) is 13.5. The maximum absolute atomic E-state index is 12.4. The number of hydrogen-bond donors (Lipinski definition) is 1. The van der Waals surface area contributed by atoms with Gasteiger partial charge in [0.1, 0.15) is 11.3 Å². The molecule has 0 radical (unpaired) electrons. The number of rotatable bonds is 7. The molecule has 1 amide bonds. The maximum atomic E-state index is 12.4. The van der Waals surface area contributed by atoms with E-state index in [1.54, 1.807) is 41.1 Å². The fraction of sp³-hybridized carbons (Fsp3) is 0.300. The van der Waals surface area contributed by atoms with Gasteiger partial charge in [0.05, 0.1) is 23.4 Å². The number of ether oxygens (including phenoxy) is 2. The van der Waals surface area contributed by atoms with Gasteiger partial charge in [-0.15, -0.1) is 5.10 Å². The highest BCUT2D eigenvalue weighted by Crippen LogP contribution is 2.24. The van der Waals surface area contributed by atoms with Crippen molar-refractivity contribution < 1.29 is 19.1 Å². The first kappa shape index (κ1) is 19.3. The van der Waals surface area contributed by atoms with Crippen LogP contribution in [0.3, 0.4) is 0 Å². The second-order valence-electron chi connectivity index (χ2n) is 6.07. The van der Waals surface area contributed by atoms with Crippen LogP contribution in [0, 0.1) is 0 Å². The van der Waals surface area contributed by atoms with Crippen LogP contribution < -0.4 is 10.1 Å². The second kappa shape index (κ2) is 8.51. The van der Waals surface area contributed by atoms with Crippen LogP contribution in [0.1, 0.15) is 31.1 Å². The Kier molecular flexibility index (Phi) is 5.88. The average Bonchev–Trinajstić information content (AvgIpc) is 3.11. The molecule has 1 aromatic heterocycles. The first-order valence-electron chi connectivity index (χ1n) is 9.10. The Hall–Kier alpha value is -3.42. The molecule has 1 N–H and O–H groups in total. The number of carbonyl (C=O) groups is 2. The number of esters is 1. The molecule has 0 aliphatic rings. The zero-order valence-corrected chi connectivity index (χ0v) is 16.0. The van der Waals surface area contributed by atoms with Crippen LogP contribution in [-0.2, 0) is 16.1 Å². The summed E-state index contributed by atoms with van der Waals surface area (Å²) in [7, 11) is 0. The number of nitrogens with zero attached hydrogens (tertiary/aromatic N) is 3. The molecule has 146 valence electrons. The molecule has 8 heteroatoms. The molecule has 2 aromatic carbocycles. The van der Waals surface area contributed by atoms with Gasteiger partial charge in [-0.05, 0) is 51.1 Å². The SMILES string of the molecule is CCOc1ccccc1NC(=O)C(C)OC(=O)c1ccc2c(c1)nnn2CC. The lowest BCUT2D eigenvalue weighted by Gasteiger charge is -2.15. The number of aryl methyl sites for hydroxylation is 1. The summed E-state index contributed by atoms with van der Waals surface area (Å²) < 4.78 is 12.5. The Morgan fingerprint density at radius 2 is 1.96 bits per heavy atom. The number of aromatic nitrogens is 3. The summed E-state index contributed by atoms with van der Waals surface area (Å²) in [5.74, 6) is -0.492. The fourth-order valence-corrected chi connectivity index (χ4v) is 2.70. The van der Waals surface area contributed by atoms with Crippen molar-refractivity contribution >= 4 is 28.6 Å². The Labute approximate surface area is 162 Å².